The second-order valence-corrected chi connectivity index (χ2v) is 5.12. The minimum absolute atomic E-state index is 0.0911. The van der Waals surface area contributed by atoms with Crippen LogP contribution in [0.1, 0.15) is 25.5 Å². The van der Waals surface area contributed by atoms with Gasteiger partial charge >= 0.3 is 0 Å². The van der Waals surface area contributed by atoms with Gasteiger partial charge in [-0.1, -0.05) is 12.1 Å². The molecule has 0 saturated carbocycles. The number of nitrogens with zero attached hydrogens (tertiary/aromatic N) is 1. The van der Waals surface area contributed by atoms with Crippen LogP contribution in [0.5, 0.6) is 5.75 Å². The lowest BCUT2D eigenvalue weighted by atomic mass is 10.1. The van der Waals surface area contributed by atoms with E-state index in [2.05, 4.69) is 17.0 Å². The van der Waals surface area contributed by atoms with Crippen molar-refractivity contribution in [3.63, 3.8) is 0 Å². The maximum absolute atomic E-state index is 9.00. The van der Waals surface area contributed by atoms with Crippen LogP contribution in [0.3, 0.4) is 0 Å². The van der Waals surface area contributed by atoms with Gasteiger partial charge in [0.15, 0.2) is 0 Å². The van der Waals surface area contributed by atoms with Gasteiger partial charge in [0.05, 0.1) is 25.4 Å². The fourth-order valence-corrected chi connectivity index (χ4v) is 2.28. The highest BCUT2D eigenvalue weighted by atomic mass is 16.5. The zero-order chi connectivity index (χ0) is 13.7. The van der Waals surface area contributed by atoms with Gasteiger partial charge in [-0.15, -0.1) is 0 Å². The van der Waals surface area contributed by atoms with Crippen LogP contribution >= 0.6 is 0 Å². The molecule has 1 aliphatic heterocycles. The van der Waals surface area contributed by atoms with Gasteiger partial charge in [-0.05, 0) is 31.5 Å². The molecule has 1 aliphatic rings. The molecule has 1 saturated heterocycles. The molecular weight excluding hydrogens is 242 g/mol. The molecule has 19 heavy (non-hydrogen) atoms. The smallest absolute Gasteiger partial charge is 0.119 e. The minimum Gasteiger partial charge on any atom is -0.491 e. The molecule has 0 spiro atoms. The third kappa shape index (κ3) is 4.20. The lowest BCUT2D eigenvalue weighted by Crippen LogP contribution is -2.39. The molecule has 1 N–H and O–H groups in total. The minimum atomic E-state index is 0.0911. The molecule has 1 aromatic carbocycles. The molecular formula is C15H23NO3. The monoisotopic (exact) mass is 265 g/mol. The normalized spacial score (nSPS) is 20.7. The summed E-state index contributed by atoms with van der Waals surface area (Å²) in [6.07, 6.45) is 0.283. The topological polar surface area (TPSA) is 41.9 Å². The summed E-state index contributed by atoms with van der Waals surface area (Å²) in [4.78, 5) is 2.23. The Kier molecular flexibility index (Phi) is 5.19. The molecule has 0 radical (unpaired) electrons. The third-order valence-electron chi connectivity index (χ3n) is 3.19. The number of hydrogen-bond acceptors (Lipinski definition) is 4. The highest BCUT2D eigenvalue weighted by molar-refractivity contribution is 5.29. The van der Waals surface area contributed by atoms with Crippen molar-refractivity contribution >= 4 is 0 Å². The van der Waals surface area contributed by atoms with Gasteiger partial charge < -0.3 is 14.6 Å². The summed E-state index contributed by atoms with van der Waals surface area (Å²) < 4.78 is 11.4. The van der Waals surface area contributed by atoms with Crippen LogP contribution in [0.25, 0.3) is 0 Å². The number of rotatable bonds is 5. The average Bonchev–Trinajstić information content (AvgIpc) is 2.40. The van der Waals surface area contributed by atoms with E-state index in [0.717, 1.165) is 25.4 Å². The molecule has 0 bridgehead atoms. The molecule has 4 nitrogen and oxygen atoms in total. The summed E-state index contributed by atoms with van der Waals surface area (Å²) in [5.74, 6) is 0.891. The van der Waals surface area contributed by atoms with Gasteiger partial charge in [-0.3, -0.25) is 4.90 Å². The fourth-order valence-electron chi connectivity index (χ4n) is 2.28. The van der Waals surface area contributed by atoms with E-state index in [1.54, 1.807) is 0 Å². The van der Waals surface area contributed by atoms with E-state index in [1.165, 1.54) is 5.56 Å². The van der Waals surface area contributed by atoms with Crippen LogP contribution in [0, 0.1) is 0 Å². The molecule has 1 unspecified atom stereocenters. The van der Waals surface area contributed by atoms with Crippen molar-refractivity contribution < 1.29 is 14.6 Å². The zero-order valence-electron chi connectivity index (χ0n) is 11.7. The summed E-state index contributed by atoms with van der Waals surface area (Å²) in [5.41, 5.74) is 1.17. The summed E-state index contributed by atoms with van der Waals surface area (Å²) in [6, 6.07) is 8.10. The number of aliphatic hydroxyl groups excluding tert-OH is 1. The van der Waals surface area contributed by atoms with Gasteiger partial charge in [0.2, 0.25) is 0 Å². The van der Waals surface area contributed by atoms with Crippen molar-refractivity contribution in [2.75, 3.05) is 32.8 Å². The standard InChI is InChI=1S/C15H23NO3/c1-12(2)19-14-5-3-13(4-6-14)15-11-16(7-9-17)8-10-18-15/h3-6,12,15,17H,7-11H2,1-2H3. The Morgan fingerprint density at radius 3 is 2.74 bits per heavy atom. The van der Waals surface area contributed by atoms with Crippen molar-refractivity contribution in [2.45, 2.75) is 26.1 Å². The first-order valence-corrected chi connectivity index (χ1v) is 6.90. The Bertz CT molecular complexity index is 375. The Morgan fingerprint density at radius 2 is 2.11 bits per heavy atom. The van der Waals surface area contributed by atoms with Crippen LogP contribution in [-0.2, 0) is 4.74 Å². The molecule has 4 heteroatoms. The first-order chi connectivity index (χ1) is 9.19. The van der Waals surface area contributed by atoms with Crippen LogP contribution < -0.4 is 4.74 Å². The van der Waals surface area contributed by atoms with Crippen molar-refractivity contribution in [1.29, 1.82) is 0 Å². The molecule has 1 aromatic rings. The van der Waals surface area contributed by atoms with Crippen molar-refractivity contribution in [1.82, 2.24) is 4.90 Å². The lowest BCUT2D eigenvalue weighted by Gasteiger charge is -2.32. The molecule has 0 amide bonds. The quantitative estimate of drug-likeness (QED) is 0.882. The highest BCUT2D eigenvalue weighted by Crippen LogP contribution is 2.24. The van der Waals surface area contributed by atoms with E-state index in [9.17, 15) is 0 Å². The van der Waals surface area contributed by atoms with E-state index in [-0.39, 0.29) is 18.8 Å². The number of benzene rings is 1. The van der Waals surface area contributed by atoms with Crippen LogP contribution in [0.2, 0.25) is 0 Å². The van der Waals surface area contributed by atoms with Crippen molar-refractivity contribution in [2.24, 2.45) is 0 Å². The van der Waals surface area contributed by atoms with Crippen LogP contribution in [-0.4, -0.2) is 49.0 Å². The summed E-state index contributed by atoms with van der Waals surface area (Å²) in [6.45, 7) is 7.41. The third-order valence-corrected chi connectivity index (χ3v) is 3.19. The number of β-amino-alcohol motifs (C(OH)–C–C–N with tert-alkyl or cyclic N) is 1. The largest absolute Gasteiger partial charge is 0.491 e. The second-order valence-electron chi connectivity index (χ2n) is 5.12. The average molecular weight is 265 g/mol. The van der Waals surface area contributed by atoms with E-state index < -0.39 is 0 Å². The summed E-state index contributed by atoms with van der Waals surface area (Å²) >= 11 is 0. The van der Waals surface area contributed by atoms with Crippen molar-refractivity contribution in [3.8, 4) is 5.75 Å². The molecule has 0 aliphatic carbocycles. The SMILES string of the molecule is CC(C)Oc1ccc(C2CN(CCO)CCO2)cc1. The van der Waals surface area contributed by atoms with E-state index in [1.807, 2.05) is 26.0 Å². The number of aliphatic hydroxyl groups is 1. The number of hydrogen-bond donors (Lipinski definition) is 1. The summed E-state index contributed by atoms with van der Waals surface area (Å²) in [7, 11) is 0. The lowest BCUT2D eigenvalue weighted by molar-refractivity contribution is -0.0338. The van der Waals surface area contributed by atoms with E-state index in [4.69, 9.17) is 14.6 Å². The van der Waals surface area contributed by atoms with Gasteiger partial charge in [-0.2, -0.15) is 0 Å². The van der Waals surface area contributed by atoms with E-state index >= 15 is 0 Å². The maximum atomic E-state index is 9.00. The first-order valence-electron chi connectivity index (χ1n) is 6.90. The van der Waals surface area contributed by atoms with Gasteiger partial charge in [-0.25, -0.2) is 0 Å². The second kappa shape index (κ2) is 6.89. The summed E-state index contributed by atoms with van der Waals surface area (Å²) in [5, 5.41) is 9.00. The Labute approximate surface area is 114 Å². The van der Waals surface area contributed by atoms with Crippen LogP contribution in [0.15, 0.2) is 24.3 Å². The molecule has 106 valence electrons. The van der Waals surface area contributed by atoms with Gasteiger partial charge in [0, 0.05) is 19.6 Å². The molecule has 1 fully saturated rings. The van der Waals surface area contributed by atoms with Gasteiger partial charge in [0.1, 0.15) is 5.75 Å². The molecule has 1 atom stereocenters. The Morgan fingerprint density at radius 1 is 1.37 bits per heavy atom. The van der Waals surface area contributed by atoms with E-state index in [0.29, 0.717) is 6.54 Å². The number of morpholine rings is 1. The molecule has 0 aromatic heterocycles. The molecule has 1 heterocycles. The molecule has 2 rings (SSSR count). The predicted molar refractivity (Wildman–Crippen MR) is 74.4 cm³/mol. The fraction of sp³-hybridized carbons (Fsp3) is 0.600. The van der Waals surface area contributed by atoms with Crippen molar-refractivity contribution in [3.05, 3.63) is 29.8 Å². The zero-order valence-corrected chi connectivity index (χ0v) is 11.7. The number of ether oxygens (including phenoxy) is 2. The predicted octanol–water partition coefficient (Wildman–Crippen LogP) is 1.84. The highest BCUT2D eigenvalue weighted by Gasteiger charge is 2.21. The van der Waals surface area contributed by atoms with Gasteiger partial charge in [0.25, 0.3) is 0 Å². The Hall–Kier alpha value is -1.10. The van der Waals surface area contributed by atoms with Crippen LogP contribution in [0.4, 0.5) is 0 Å². The first kappa shape index (κ1) is 14.3. The Balaban J connectivity index is 1.97. The maximum Gasteiger partial charge on any atom is 0.119 e.